The van der Waals surface area contributed by atoms with Gasteiger partial charge >= 0.3 is 0 Å². The van der Waals surface area contributed by atoms with E-state index >= 15 is 0 Å². The first-order valence-corrected chi connectivity index (χ1v) is 11.0. The summed E-state index contributed by atoms with van der Waals surface area (Å²) in [6, 6.07) is 17.3. The molecule has 9 heteroatoms. The third kappa shape index (κ3) is 4.40. The summed E-state index contributed by atoms with van der Waals surface area (Å²) in [5.41, 5.74) is 9.08. The number of carbonyl (C=O) groups is 1. The molecule has 2 aromatic heterocycles. The molecule has 1 amide bonds. The SMILES string of the molecule is COc1ccc(NC(=O)c2cnc(N3CCN(c4cnc5ccccc5c4)CC3)nc2N)cc1. The fraction of sp³-hybridized carbons (Fsp3) is 0.200. The molecular formula is C25H25N7O2. The van der Waals surface area contributed by atoms with Crippen LogP contribution in [0.4, 0.5) is 23.1 Å². The number of aromatic nitrogens is 3. The predicted octanol–water partition coefficient (Wildman–Crippen LogP) is 3.19. The van der Waals surface area contributed by atoms with E-state index in [1.807, 2.05) is 24.4 Å². The third-order valence-corrected chi connectivity index (χ3v) is 5.90. The number of hydrogen-bond donors (Lipinski definition) is 2. The normalized spacial score (nSPS) is 13.7. The number of nitrogens with two attached hydrogens (primary N) is 1. The van der Waals surface area contributed by atoms with E-state index in [1.165, 1.54) is 6.20 Å². The van der Waals surface area contributed by atoms with Crippen LogP contribution in [0.15, 0.2) is 67.0 Å². The van der Waals surface area contributed by atoms with Crippen molar-refractivity contribution in [1.29, 1.82) is 0 Å². The molecule has 1 fully saturated rings. The highest BCUT2D eigenvalue weighted by Gasteiger charge is 2.21. The zero-order valence-electron chi connectivity index (χ0n) is 18.8. The van der Waals surface area contributed by atoms with Gasteiger partial charge in [-0.25, -0.2) is 4.98 Å². The molecule has 5 rings (SSSR count). The lowest BCUT2D eigenvalue weighted by molar-refractivity contribution is 0.102. The zero-order valence-corrected chi connectivity index (χ0v) is 18.8. The highest BCUT2D eigenvalue weighted by atomic mass is 16.5. The molecule has 3 N–H and O–H groups in total. The van der Waals surface area contributed by atoms with E-state index in [2.05, 4.69) is 42.2 Å². The number of nitrogens with one attached hydrogen (secondary N) is 1. The molecule has 1 aliphatic heterocycles. The molecule has 0 aliphatic carbocycles. The van der Waals surface area contributed by atoms with Crippen molar-refractivity contribution in [3.63, 3.8) is 0 Å². The van der Waals surface area contributed by atoms with Crippen molar-refractivity contribution in [2.75, 3.05) is 54.1 Å². The number of carbonyl (C=O) groups excluding carboxylic acids is 1. The highest BCUT2D eigenvalue weighted by Crippen LogP contribution is 2.23. The Morgan fingerprint density at radius 1 is 0.971 bits per heavy atom. The quantitative estimate of drug-likeness (QED) is 0.472. The van der Waals surface area contributed by atoms with Gasteiger partial charge < -0.3 is 25.6 Å². The van der Waals surface area contributed by atoms with E-state index in [1.54, 1.807) is 31.4 Å². The number of methoxy groups -OCH3 is 1. The van der Waals surface area contributed by atoms with Gasteiger partial charge in [-0.3, -0.25) is 9.78 Å². The van der Waals surface area contributed by atoms with Gasteiger partial charge in [0.25, 0.3) is 5.91 Å². The van der Waals surface area contributed by atoms with Gasteiger partial charge in [0.1, 0.15) is 17.1 Å². The van der Waals surface area contributed by atoms with Crippen LogP contribution in [0, 0.1) is 0 Å². The number of pyridine rings is 1. The molecular weight excluding hydrogens is 430 g/mol. The minimum Gasteiger partial charge on any atom is -0.497 e. The molecule has 34 heavy (non-hydrogen) atoms. The van der Waals surface area contributed by atoms with Crippen molar-refractivity contribution >= 4 is 40.0 Å². The van der Waals surface area contributed by atoms with Crippen molar-refractivity contribution in [2.45, 2.75) is 0 Å². The number of fused-ring (bicyclic) bond motifs is 1. The van der Waals surface area contributed by atoms with Crippen LogP contribution in [0.3, 0.4) is 0 Å². The third-order valence-electron chi connectivity index (χ3n) is 5.90. The smallest absolute Gasteiger partial charge is 0.260 e. The summed E-state index contributed by atoms with van der Waals surface area (Å²) in [6.45, 7) is 3.10. The molecule has 0 unspecified atom stereocenters. The first kappa shape index (κ1) is 21.4. The lowest BCUT2D eigenvalue weighted by Gasteiger charge is -2.36. The van der Waals surface area contributed by atoms with Gasteiger partial charge in [0, 0.05) is 43.4 Å². The highest BCUT2D eigenvalue weighted by molar-refractivity contribution is 6.07. The van der Waals surface area contributed by atoms with Gasteiger partial charge in [-0.1, -0.05) is 18.2 Å². The van der Waals surface area contributed by atoms with Crippen molar-refractivity contribution in [1.82, 2.24) is 15.0 Å². The van der Waals surface area contributed by atoms with Crippen molar-refractivity contribution in [3.8, 4) is 5.75 Å². The molecule has 0 atom stereocenters. The number of nitrogens with zero attached hydrogens (tertiary/aromatic N) is 5. The van der Waals surface area contributed by atoms with Gasteiger partial charge in [0.05, 0.1) is 24.5 Å². The van der Waals surface area contributed by atoms with Crippen LogP contribution in [0.2, 0.25) is 0 Å². The van der Waals surface area contributed by atoms with Crippen LogP contribution in [0.1, 0.15) is 10.4 Å². The van der Waals surface area contributed by atoms with Crippen LogP contribution in [-0.4, -0.2) is 54.1 Å². The van der Waals surface area contributed by atoms with Gasteiger partial charge in [0.15, 0.2) is 0 Å². The summed E-state index contributed by atoms with van der Waals surface area (Å²) in [7, 11) is 1.59. The zero-order chi connectivity index (χ0) is 23.5. The van der Waals surface area contributed by atoms with Gasteiger partial charge in [-0.05, 0) is 36.4 Å². The molecule has 2 aromatic carbocycles. The summed E-state index contributed by atoms with van der Waals surface area (Å²) >= 11 is 0. The minimum atomic E-state index is -0.358. The Morgan fingerprint density at radius 2 is 1.71 bits per heavy atom. The number of amides is 1. The molecule has 1 saturated heterocycles. The summed E-state index contributed by atoms with van der Waals surface area (Å²) in [5.74, 6) is 1.02. The molecule has 3 heterocycles. The lowest BCUT2D eigenvalue weighted by Crippen LogP contribution is -2.47. The average Bonchev–Trinajstić information content (AvgIpc) is 2.89. The van der Waals surface area contributed by atoms with Crippen LogP contribution >= 0.6 is 0 Å². The number of nitrogen functional groups attached to an aromatic ring is 1. The monoisotopic (exact) mass is 455 g/mol. The van der Waals surface area contributed by atoms with Crippen molar-refractivity contribution in [3.05, 3.63) is 72.6 Å². The molecule has 9 nitrogen and oxygen atoms in total. The van der Waals surface area contributed by atoms with Crippen molar-refractivity contribution < 1.29 is 9.53 Å². The number of ether oxygens (including phenoxy) is 1. The van der Waals surface area contributed by atoms with Gasteiger partial charge in [0.2, 0.25) is 5.95 Å². The maximum absolute atomic E-state index is 12.6. The number of benzene rings is 2. The largest absolute Gasteiger partial charge is 0.497 e. The number of hydrogen-bond acceptors (Lipinski definition) is 8. The molecule has 0 bridgehead atoms. The second-order valence-electron chi connectivity index (χ2n) is 8.01. The van der Waals surface area contributed by atoms with Crippen molar-refractivity contribution in [2.24, 2.45) is 0 Å². The van der Waals surface area contributed by atoms with E-state index in [-0.39, 0.29) is 17.3 Å². The molecule has 4 aromatic rings. The molecule has 0 saturated carbocycles. The van der Waals surface area contributed by atoms with E-state index in [4.69, 9.17) is 10.5 Å². The Bertz CT molecular complexity index is 1320. The Balaban J connectivity index is 1.23. The summed E-state index contributed by atoms with van der Waals surface area (Å²) < 4.78 is 5.13. The number of para-hydroxylation sites is 1. The molecule has 0 radical (unpaired) electrons. The van der Waals surface area contributed by atoms with Crippen LogP contribution in [0.5, 0.6) is 5.75 Å². The van der Waals surface area contributed by atoms with E-state index in [0.717, 1.165) is 42.8 Å². The maximum Gasteiger partial charge on any atom is 0.260 e. The minimum absolute atomic E-state index is 0.150. The van der Waals surface area contributed by atoms with E-state index in [0.29, 0.717) is 17.4 Å². The van der Waals surface area contributed by atoms with Crippen LogP contribution in [0.25, 0.3) is 10.9 Å². The molecule has 172 valence electrons. The standard InChI is InChI=1S/C25H25N7O2/c1-34-20-8-6-18(7-9-20)29-24(33)21-16-28-25(30-23(21)26)32-12-10-31(11-13-32)19-14-17-4-2-3-5-22(17)27-15-19/h2-9,14-16H,10-13H2,1H3,(H,29,33)(H2,26,28,30). The Hall–Kier alpha value is -4.40. The molecule has 0 spiro atoms. The lowest BCUT2D eigenvalue weighted by atomic mass is 10.2. The summed E-state index contributed by atoms with van der Waals surface area (Å²) in [5, 5.41) is 3.93. The van der Waals surface area contributed by atoms with E-state index < -0.39 is 0 Å². The predicted molar refractivity (Wildman–Crippen MR) is 134 cm³/mol. The van der Waals surface area contributed by atoms with Crippen LogP contribution < -0.4 is 25.6 Å². The Morgan fingerprint density at radius 3 is 2.44 bits per heavy atom. The van der Waals surface area contributed by atoms with Gasteiger partial charge in [-0.15, -0.1) is 0 Å². The summed E-state index contributed by atoms with van der Waals surface area (Å²) in [6.07, 6.45) is 3.40. The Labute approximate surface area is 197 Å². The van der Waals surface area contributed by atoms with Crippen LogP contribution in [-0.2, 0) is 0 Å². The molecule has 1 aliphatic rings. The number of piperazine rings is 1. The topological polar surface area (TPSA) is 110 Å². The maximum atomic E-state index is 12.6. The number of anilines is 4. The van der Waals surface area contributed by atoms with Gasteiger partial charge in [-0.2, -0.15) is 4.98 Å². The fourth-order valence-electron chi connectivity index (χ4n) is 3.98. The second kappa shape index (κ2) is 9.22. The fourth-order valence-corrected chi connectivity index (χ4v) is 3.98. The summed E-state index contributed by atoms with van der Waals surface area (Å²) in [4.78, 5) is 30.4. The second-order valence-corrected chi connectivity index (χ2v) is 8.01. The first-order valence-electron chi connectivity index (χ1n) is 11.0. The first-order chi connectivity index (χ1) is 16.6. The Kier molecular flexibility index (Phi) is 5.82. The van der Waals surface area contributed by atoms with E-state index in [9.17, 15) is 4.79 Å². The average molecular weight is 456 g/mol. The number of rotatable bonds is 5.